The second-order valence-electron chi connectivity index (χ2n) is 3.52. The quantitative estimate of drug-likeness (QED) is 0.841. The summed E-state index contributed by atoms with van der Waals surface area (Å²) >= 11 is 0. The molecule has 2 rings (SSSR count). The van der Waals surface area contributed by atoms with Crippen LogP contribution in [0.3, 0.4) is 0 Å². The highest BCUT2D eigenvalue weighted by Crippen LogP contribution is 2.14. The maximum atomic E-state index is 11.9. The molecule has 1 heterocycles. The molecule has 0 radical (unpaired) electrons. The molecule has 0 bridgehead atoms. The molecule has 80 valence electrons. The molecule has 0 fully saturated rings. The van der Waals surface area contributed by atoms with E-state index in [2.05, 4.69) is 5.32 Å². The van der Waals surface area contributed by atoms with Gasteiger partial charge in [0.2, 0.25) is 0 Å². The first kappa shape index (κ1) is 10.2. The third-order valence-corrected chi connectivity index (χ3v) is 4.02. The summed E-state index contributed by atoms with van der Waals surface area (Å²) < 4.78 is 23.8. The van der Waals surface area contributed by atoms with Crippen LogP contribution < -0.4 is 5.32 Å². The van der Waals surface area contributed by atoms with E-state index in [0.29, 0.717) is 4.90 Å². The molecule has 3 nitrogen and oxygen atoms in total. The first-order valence-corrected chi connectivity index (χ1v) is 6.54. The van der Waals surface area contributed by atoms with E-state index >= 15 is 0 Å². The van der Waals surface area contributed by atoms with E-state index in [1.165, 1.54) is 0 Å². The van der Waals surface area contributed by atoms with Gasteiger partial charge in [0.1, 0.15) is 0 Å². The van der Waals surface area contributed by atoms with E-state index in [4.69, 9.17) is 0 Å². The fourth-order valence-corrected chi connectivity index (χ4v) is 2.94. The number of benzene rings is 1. The van der Waals surface area contributed by atoms with Gasteiger partial charge in [-0.25, -0.2) is 8.42 Å². The lowest BCUT2D eigenvalue weighted by Gasteiger charge is -2.05. The summed E-state index contributed by atoms with van der Waals surface area (Å²) in [5.41, 5.74) is 0.818. The van der Waals surface area contributed by atoms with Gasteiger partial charge in [-0.1, -0.05) is 24.3 Å². The summed E-state index contributed by atoms with van der Waals surface area (Å²) in [7, 11) is -3.17. The molecule has 0 aromatic heterocycles. The van der Waals surface area contributed by atoms with E-state index in [1.807, 2.05) is 12.1 Å². The van der Waals surface area contributed by atoms with Crippen molar-refractivity contribution in [2.24, 2.45) is 0 Å². The lowest BCUT2D eigenvalue weighted by molar-refractivity contribution is 0.597. The van der Waals surface area contributed by atoms with Crippen molar-refractivity contribution in [1.82, 2.24) is 5.32 Å². The van der Waals surface area contributed by atoms with Gasteiger partial charge in [0.25, 0.3) is 0 Å². The van der Waals surface area contributed by atoms with Crippen molar-refractivity contribution in [3.8, 4) is 0 Å². The summed E-state index contributed by atoms with van der Waals surface area (Å²) in [5, 5.41) is 3.06. The van der Waals surface area contributed by atoms with E-state index in [1.54, 1.807) is 24.3 Å². The van der Waals surface area contributed by atoms with Gasteiger partial charge in [0, 0.05) is 12.2 Å². The lowest BCUT2D eigenvalue weighted by Crippen LogP contribution is -2.17. The number of rotatable bonds is 3. The van der Waals surface area contributed by atoms with E-state index < -0.39 is 9.84 Å². The maximum Gasteiger partial charge on any atom is 0.183 e. The molecule has 15 heavy (non-hydrogen) atoms. The first-order chi connectivity index (χ1) is 7.18. The van der Waals surface area contributed by atoms with Crippen LogP contribution in [0.15, 0.2) is 47.0 Å². The Labute approximate surface area is 89.7 Å². The van der Waals surface area contributed by atoms with Crippen LogP contribution in [0.2, 0.25) is 0 Å². The van der Waals surface area contributed by atoms with Crippen LogP contribution in [-0.2, 0) is 9.84 Å². The predicted molar refractivity (Wildman–Crippen MR) is 59.2 cm³/mol. The van der Waals surface area contributed by atoms with Crippen LogP contribution in [0.4, 0.5) is 0 Å². The highest BCUT2D eigenvalue weighted by Gasteiger charge is 2.17. The molecule has 0 saturated carbocycles. The summed E-state index contributed by atoms with van der Waals surface area (Å²) in [4.78, 5) is 0.389. The third-order valence-electron chi connectivity index (χ3n) is 2.33. The fraction of sp³-hybridized carbons (Fsp3) is 0.273. The average molecular weight is 223 g/mol. The molecular formula is C11H13NO2S. The van der Waals surface area contributed by atoms with Crippen LogP contribution in [0.5, 0.6) is 0 Å². The zero-order valence-electron chi connectivity index (χ0n) is 8.31. The van der Waals surface area contributed by atoms with Crippen molar-refractivity contribution < 1.29 is 8.42 Å². The highest BCUT2D eigenvalue weighted by molar-refractivity contribution is 7.91. The van der Waals surface area contributed by atoms with Gasteiger partial charge in [0.05, 0.1) is 10.6 Å². The van der Waals surface area contributed by atoms with E-state index in [9.17, 15) is 8.42 Å². The Morgan fingerprint density at radius 2 is 1.93 bits per heavy atom. The Morgan fingerprint density at radius 1 is 1.20 bits per heavy atom. The molecule has 0 saturated heterocycles. The van der Waals surface area contributed by atoms with Crippen molar-refractivity contribution in [1.29, 1.82) is 0 Å². The molecule has 0 atom stereocenters. The molecule has 0 unspecified atom stereocenters. The number of hydrogen-bond donors (Lipinski definition) is 1. The minimum atomic E-state index is -3.17. The highest BCUT2D eigenvalue weighted by atomic mass is 32.2. The van der Waals surface area contributed by atoms with Crippen LogP contribution in [0.1, 0.15) is 6.42 Å². The van der Waals surface area contributed by atoms with Gasteiger partial charge in [-0.2, -0.15) is 0 Å². The van der Waals surface area contributed by atoms with E-state index in [-0.39, 0.29) is 5.75 Å². The van der Waals surface area contributed by atoms with Crippen LogP contribution >= 0.6 is 0 Å². The van der Waals surface area contributed by atoms with Gasteiger partial charge in [-0.3, -0.25) is 0 Å². The predicted octanol–water partition coefficient (Wildman–Crippen LogP) is 1.34. The standard InChI is InChI=1S/C11H13NO2S/c13-15(14,9-10-5-4-8-12-10)11-6-2-1-3-7-11/h1-3,5-7,12H,4,8-9H2. The Morgan fingerprint density at radius 3 is 2.53 bits per heavy atom. The second-order valence-corrected chi connectivity index (χ2v) is 5.51. The molecule has 1 aromatic rings. The van der Waals surface area contributed by atoms with Gasteiger partial charge in [-0.05, 0) is 18.6 Å². The van der Waals surface area contributed by atoms with Crippen molar-refractivity contribution >= 4 is 9.84 Å². The SMILES string of the molecule is O=S(=O)(CC1=CCCN1)c1ccccc1. The molecule has 0 spiro atoms. The minimum Gasteiger partial charge on any atom is -0.387 e. The molecular weight excluding hydrogens is 210 g/mol. The minimum absolute atomic E-state index is 0.0804. The third kappa shape index (κ3) is 2.39. The monoisotopic (exact) mass is 223 g/mol. The zero-order valence-corrected chi connectivity index (χ0v) is 9.13. The Kier molecular flexibility index (Phi) is 2.77. The molecule has 4 heteroatoms. The smallest absolute Gasteiger partial charge is 0.183 e. The Hall–Kier alpha value is -1.29. The normalized spacial score (nSPS) is 15.9. The number of hydrogen-bond acceptors (Lipinski definition) is 3. The fourth-order valence-electron chi connectivity index (χ4n) is 1.58. The lowest BCUT2D eigenvalue weighted by atomic mass is 10.4. The molecule has 1 aliphatic heterocycles. The number of sulfone groups is 1. The Bertz CT molecular complexity index is 463. The van der Waals surface area contributed by atoms with Gasteiger partial charge in [-0.15, -0.1) is 0 Å². The average Bonchev–Trinajstić information content (AvgIpc) is 2.71. The van der Waals surface area contributed by atoms with E-state index in [0.717, 1.165) is 18.7 Å². The summed E-state index contributed by atoms with van der Waals surface area (Å²) in [6.45, 7) is 0.847. The second kappa shape index (κ2) is 4.06. The molecule has 1 aliphatic rings. The number of nitrogens with one attached hydrogen (secondary N) is 1. The van der Waals surface area contributed by atoms with Crippen LogP contribution in [0, 0.1) is 0 Å². The van der Waals surface area contributed by atoms with Crippen LogP contribution in [0.25, 0.3) is 0 Å². The van der Waals surface area contributed by atoms with Gasteiger partial charge >= 0.3 is 0 Å². The summed E-state index contributed by atoms with van der Waals surface area (Å²) in [6, 6.07) is 8.55. The van der Waals surface area contributed by atoms with Crippen molar-refractivity contribution in [3.63, 3.8) is 0 Å². The first-order valence-electron chi connectivity index (χ1n) is 4.89. The zero-order chi connectivity index (χ0) is 10.7. The van der Waals surface area contributed by atoms with Crippen molar-refractivity contribution in [2.45, 2.75) is 11.3 Å². The van der Waals surface area contributed by atoms with Crippen LogP contribution in [-0.4, -0.2) is 20.7 Å². The maximum absolute atomic E-state index is 11.9. The molecule has 0 aliphatic carbocycles. The van der Waals surface area contributed by atoms with Crippen molar-refractivity contribution in [3.05, 3.63) is 42.1 Å². The van der Waals surface area contributed by atoms with Gasteiger partial charge in [0.15, 0.2) is 9.84 Å². The topological polar surface area (TPSA) is 46.2 Å². The molecule has 0 amide bonds. The largest absolute Gasteiger partial charge is 0.387 e. The molecule has 1 N–H and O–H groups in total. The van der Waals surface area contributed by atoms with Crippen molar-refractivity contribution in [2.75, 3.05) is 12.3 Å². The summed E-state index contributed by atoms with van der Waals surface area (Å²) in [6.07, 6.45) is 2.86. The Balaban J connectivity index is 2.21. The molecule has 1 aromatic carbocycles. The van der Waals surface area contributed by atoms with Gasteiger partial charge < -0.3 is 5.32 Å². The summed E-state index contributed by atoms with van der Waals surface area (Å²) in [5.74, 6) is 0.0804.